The molecule has 23 heavy (non-hydrogen) atoms. The highest BCUT2D eigenvalue weighted by molar-refractivity contribution is 5.87. The highest BCUT2D eigenvalue weighted by Crippen LogP contribution is 2.25. The van der Waals surface area contributed by atoms with Crippen LogP contribution in [-0.4, -0.2) is 54.7 Å². The zero-order chi connectivity index (χ0) is 17.2. The summed E-state index contributed by atoms with van der Waals surface area (Å²) >= 11 is 0. The summed E-state index contributed by atoms with van der Waals surface area (Å²) < 4.78 is 5.04. The first-order valence-corrected chi connectivity index (χ1v) is 6.96. The van der Waals surface area contributed by atoms with Crippen molar-refractivity contribution in [1.82, 2.24) is 25.5 Å². The maximum absolute atomic E-state index is 11.6. The number of hydrogen-bond donors (Lipinski definition) is 5. The monoisotopic (exact) mass is 324 g/mol. The molecule has 0 spiro atoms. The second kappa shape index (κ2) is 6.34. The van der Waals surface area contributed by atoms with E-state index in [9.17, 15) is 15.0 Å². The molecular formula is C13H20N6O4. The maximum atomic E-state index is 11.6. The number of carbonyl (C=O) groups excluding carboxylic acids is 1. The molecular weight excluding hydrogens is 304 g/mol. The van der Waals surface area contributed by atoms with E-state index in [1.807, 2.05) is 0 Å². The van der Waals surface area contributed by atoms with Crippen LogP contribution in [0.4, 0.5) is 10.6 Å². The van der Waals surface area contributed by atoms with E-state index in [1.54, 1.807) is 20.8 Å². The lowest BCUT2D eigenvalue weighted by molar-refractivity contribution is 0.0115. The second-order valence-corrected chi connectivity index (χ2v) is 5.99. The maximum Gasteiger partial charge on any atom is 0.407 e. The molecule has 1 amide bonds. The Bertz CT molecular complexity index is 695. The number of anilines is 1. The number of amides is 1. The van der Waals surface area contributed by atoms with Gasteiger partial charge in [-0.1, -0.05) is 0 Å². The Balaban J connectivity index is 2.04. The fraction of sp³-hybridized carbons (Fsp3) is 0.538. The summed E-state index contributed by atoms with van der Waals surface area (Å²) in [6.45, 7) is 4.94. The van der Waals surface area contributed by atoms with Crippen molar-refractivity contribution < 1.29 is 19.7 Å². The summed E-state index contributed by atoms with van der Waals surface area (Å²) in [6, 6.07) is 0. The number of aliphatic hydroxyl groups is 2. The van der Waals surface area contributed by atoms with E-state index in [0.717, 1.165) is 0 Å². The third kappa shape index (κ3) is 4.05. The third-order valence-electron chi connectivity index (χ3n) is 2.92. The highest BCUT2D eigenvalue weighted by atomic mass is 16.6. The minimum absolute atomic E-state index is 0.130. The van der Waals surface area contributed by atoms with Crippen molar-refractivity contribution in [1.29, 1.82) is 0 Å². The van der Waals surface area contributed by atoms with E-state index < -0.39 is 23.9 Å². The van der Waals surface area contributed by atoms with Gasteiger partial charge in [0.2, 0.25) is 0 Å². The molecule has 126 valence electrons. The zero-order valence-electron chi connectivity index (χ0n) is 13.1. The van der Waals surface area contributed by atoms with Crippen LogP contribution in [0.25, 0.3) is 11.0 Å². The topological polar surface area (TPSA) is 159 Å². The molecule has 0 radical (unpaired) electrons. The van der Waals surface area contributed by atoms with Crippen molar-refractivity contribution in [3.05, 3.63) is 12.0 Å². The number of fused-ring (bicyclic) bond motifs is 1. The number of hydrogen-bond acceptors (Lipinski definition) is 8. The smallest absolute Gasteiger partial charge is 0.407 e. The number of nitrogen functional groups attached to an aromatic ring is 1. The van der Waals surface area contributed by atoms with Crippen molar-refractivity contribution in [3.63, 3.8) is 0 Å². The number of aromatic nitrogens is 4. The first-order valence-electron chi connectivity index (χ1n) is 6.96. The van der Waals surface area contributed by atoms with E-state index in [2.05, 4.69) is 25.5 Å². The number of H-pyrrole nitrogens is 1. The van der Waals surface area contributed by atoms with E-state index in [-0.39, 0.29) is 23.7 Å². The Kier molecular flexibility index (Phi) is 4.66. The van der Waals surface area contributed by atoms with Gasteiger partial charge in [-0.05, 0) is 20.8 Å². The van der Waals surface area contributed by atoms with Crippen LogP contribution in [-0.2, 0) is 4.74 Å². The molecule has 10 heteroatoms. The molecule has 2 heterocycles. The van der Waals surface area contributed by atoms with Gasteiger partial charge in [-0.2, -0.15) is 5.10 Å². The van der Waals surface area contributed by atoms with Crippen LogP contribution >= 0.6 is 0 Å². The normalized spacial score (nSPS) is 14.5. The van der Waals surface area contributed by atoms with Gasteiger partial charge in [0.05, 0.1) is 11.1 Å². The summed E-state index contributed by atoms with van der Waals surface area (Å²) in [7, 11) is 0. The van der Waals surface area contributed by atoms with E-state index in [4.69, 9.17) is 10.5 Å². The average molecular weight is 324 g/mol. The third-order valence-corrected chi connectivity index (χ3v) is 2.92. The van der Waals surface area contributed by atoms with Crippen LogP contribution < -0.4 is 11.1 Å². The lowest BCUT2D eigenvalue weighted by Gasteiger charge is -2.21. The Morgan fingerprint density at radius 3 is 2.78 bits per heavy atom. The molecule has 0 aliphatic rings. The Hall–Kier alpha value is -2.46. The van der Waals surface area contributed by atoms with Crippen LogP contribution in [0.15, 0.2) is 6.33 Å². The number of aromatic amines is 1. The minimum atomic E-state index is -1.36. The number of rotatable bonds is 4. The van der Waals surface area contributed by atoms with Crippen molar-refractivity contribution in [3.8, 4) is 0 Å². The molecule has 2 atom stereocenters. The quantitative estimate of drug-likeness (QED) is 0.519. The lowest BCUT2D eigenvalue weighted by Crippen LogP contribution is -2.39. The highest BCUT2D eigenvalue weighted by Gasteiger charge is 2.25. The molecule has 0 saturated heterocycles. The molecule has 2 aromatic rings. The van der Waals surface area contributed by atoms with Crippen molar-refractivity contribution in [2.45, 2.75) is 38.6 Å². The minimum Gasteiger partial charge on any atom is -0.444 e. The van der Waals surface area contributed by atoms with Crippen LogP contribution in [0.1, 0.15) is 32.6 Å². The SMILES string of the molecule is CC(C)(C)OC(=O)NCC(O)C(O)c1[nH]nc2ncnc(N)c12. The first kappa shape index (κ1) is 16.9. The van der Waals surface area contributed by atoms with Gasteiger partial charge in [0.25, 0.3) is 0 Å². The van der Waals surface area contributed by atoms with E-state index in [1.165, 1.54) is 6.33 Å². The molecule has 6 N–H and O–H groups in total. The van der Waals surface area contributed by atoms with E-state index in [0.29, 0.717) is 5.39 Å². The molecule has 2 unspecified atom stereocenters. The zero-order valence-corrected chi connectivity index (χ0v) is 13.1. The number of nitrogens with one attached hydrogen (secondary N) is 2. The summed E-state index contributed by atoms with van der Waals surface area (Å²) in [4.78, 5) is 19.3. The average Bonchev–Trinajstić information content (AvgIpc) is 2.87. The Morgan fingerprint density at radius 2 is 2.13 bits per heavy atom. The van der Waals surface area contributed by atoms with Gasteiger partial charge in [-0.3, -0.25) is 5.10 Å². The van der Waals surface area contributed by atoms with Gasteiger partial charge in [-0.25, -0.2) is 14.8 Å². The number of aliphatic hydroxyl groups excluding tert-OH is 2. The summed E-state index contributed by atoms with van der Waals surface area (Å²) in [5.41, 5.74) is 5.54. The predicted molar refractivity (Wildman–Crippen MR) is 81.3 cm³/mol. The second-order valence-electron chi connectivity index (χ2n) is 5.99. The fourth-order valence-electron chi connectivity index (χ4n) is 1.92. The van der Waals surface area contributed by atoms with Crippen molar-refractivity contribution in [2.24, 2.45) is 0 Å². The van der Waals surface area contributed by atoms with Crippen molar-refractivity contribution >= 4 is 22.9 Å². The van der Waals surface area contributed by atoms with Gasteiger partial charge in [0.1, 0.15) is 30.0 Å². The summed E-state index contributed by atoms with van der Waals surface area (Å²) in [5, 5.41) is 29.4. The summed E-state index contributed by atoms with van der Waals surface area (Å²) in [6.07, 6.45) is -2.11. The van der Waals surface area contributed by atoms with E-state index >= 15 is 0 Å². The van der Waals surface area contributed by atoms with Crippen LogP contribution in [0, 0.1) is 0 Å². The molecule has 0 bridgehead atoms. The molecule has 0 aliphatic heterocycles. The molecule has 0 aliphatic carbocycles. The molecule has 2 rings (SSSR count). The predicted octanol–water partition coefficient (Wildman–Crippen LogP) is -0.146. The number of nitrogens with two attached hydrogens (primary N) is 1. The lowest BCUT2D eigenvalue weighted by atomic mass is 10.1. The Morgan fingerprint density at radius 1 is 1.43 bits per heavy atom. The van der Waals surface area contributed by atoms with Crippen LogP contribution in [0.2, 0.25) is 0 Å². The standard InChI is InChI=1S/C13H20N6O4/c1-13(2,3)23-12(22)15-4-6(20)9(21)8-7-10(14)16-5-17-11(7)19-18-8/h5-6,9,20-21H,4H2,1-3H3,(H,15,22)(H3,14,16,17,18,19). The van der Waals surface area contributed by atoms with Gasteiger partial charge in [-0.15, -0.1) is 0 Å². The summed E-state index contributed by atoms with van der Waals surface area (Å²) in [5.74, 6) is 0.130. The first-order chi connectivity index (χ1) is 10.7. The molecule has 10 nitrogen and oxygen atoms in total. The van der Waals surface area contributed by atoms with Crippen molar-refractivity contribution in [2.75, 3.05) is 12.3 Å². The number of carbonyl (C=O) groups is 1. The Labute approximate surface area is 132 Å². The molecule has 0 fully saturated rings. The number of nitrogens with zero attached hydrogens (tertiary/aromatic N) is 3. The fourth-order valence-corrected chi connectivity index (χ4v) is 1.92. The molecule has 0 aromatic carbocycles. The van der Waals surface area contributed by atoms with Crippen LogP contribution in [0.3, 0.4) is 0 Å². The molecule has 0 saturated carbocycles. The van der Waals surface area contributed by atoms with Gasteiger partial charge >= 0.3 is 6.09 Å². The largest absolute Gasteiger partial charge is 0.444 e. The van der Waals surface area contributed by atoms with Gasteiger partial charge < -0.3 is 26.0 Å². The van der Waals surface area contributed by atoms with Crippen LogP contribution in [0.5, 0.6) is 0 Å². The van der Waals surface area contributed by atoms with Gasteiger partial charge in [0.15, 0.2) is 5.65 Å². The number of alkyl carbamates (subject to hydrolysis) is 1. The number of ether oxygens (including phenoxy) is 1. The molecule has 2 aromatic heterocycles. The van der Waals surface area contributed by atoms with Gasteiger partial charge in [0, 0.05) is 6.54 Å².